The van der Waals surface area contributed by atoms with Crippen molar-refractivity contribution in [2.75, 3.05) is 14.2 Å². The van der Waals surface area contributed by atoms with Crippen LogP contribution in [0.1, 0.15) is 227 Å². The molecule has 0 aliphatic rings. The zero-order chi connectivity index (χ0) is 40.5. The van der Waals surface area contributed by atoms with Gasteiger partial charge in [-0.3, -0.25) is 13.8 Å². The molecule has 0 radical (unpaired) electrons. The molecule has 5 N–H and O–H groups in total. The Morgan fingerprint density at radius 2 is 0.811 bits per heavy atom. The standard InChI is InChI=1S/C41H80O9S.CH5N/c1-6-8-10-12-14-16-18-20-22-24-26-28-30-32-34-39(3,37(42)43)36-41(46,50-51(47,48)49-5)40(4,38(44)45)35-33-31-29-27-25-23-21-19-17-15-13-11-9-7-2;1-2/h46H,6-36H2,1-5H3,(H,42,43)(H,44,45);2H2,1H3. The number of carbonyl (C=O) groups is 2. The Bertz CT molecular complexity index is 995. The molecule has 3 atom stereocenters. The maximum atomic E-state index is 12.7. The first-order valence-corrected chi connectivity index (χ1v) is 22.8. The summed E-state index contributed by atoms with van der Waals surface area (Å²) in [6.45, 7) is 7.14. The summed E-state index contributed by atoms with van der Waals surface area (Å²) in [5.41, 5.74) is 0.781. The molecule has 11 heteroatoms. The van der Waals surface area contributed by atoms with Crippen LogP contribution in [0, 0.1) is 10.8 Å². The van der Waals surface area contributed by atoms with Gasteiger partial charge >= 0.3 is 22.3 Å². The minimum atomic E-state index is -4.81. The van der Waals surface area contributed by atoms with E-state index in [-0.39, 0.29) is 12.8 Å². The first kappa shape index (κ1) is 53.8. The van der Waals surface area contributed by atoms with Crippen LogP contribution in [0.15, 0.2) is 0 Å². The molecule has 0 rings (SSSR count). The monoisotopic (exact) mass is 780 g/mol. The van der Waals surface area contributed by atoms with Crippen LogP contribution in [0.2, 0.25) is 0 Å². The highest BCUT2D eigenvalue weighted by molar-refractivity contribution is 7.81. The van der Waals surface area contributed by atoms with E-state index >= 15 is 0 Å². The summed E-state index contributed by atoms with van der Waals surface area (Å²) in [6.07, 6.45) is 31.2. The predicted octanol–water partition coefficient (Wildman–Crippen LogP) is 11.5. The van der Waals surface area contributed by atoms with Crippen LogP contribution in [0.25, 0.3) is 0 Å². The molecule has 0 spiro atoms. The van der Waals surface area contributed by atoms with Gasteiger partial charge in [-0.1, -0.05) is 194 Å². The molecule has 0 bridgehead atoms. The lowest BCUT2D eigenvalue weighted by molar-refractivity contribution is -0.245. The second kappa shape index (κ2) is 32.9. The van der Waals surface area contributed by atoms with Crippen LogP contribution in [0.3, 0.4) is 0 Å². The number of aliphatic hydroxyl groups is 1. The molecule has 0 heterocycles. The fourth-order valence-corrected chi connectivity index (χ4v) is 7.82. The molecule has 10 nitrogen and oxygen atoms in total. The average molecular weight is 780 g/mol. The van der Waals surface area contributed by atoms with Gasteiger partial charge in [-0.2, -0.15) is 8.42 Å². The molecule has 0 aromatic heterocycles. The minimum Gasteiger partial charge on any atom is -0.481 e. The zero-order valence-corrected chi connectivity index (χ0v) is 36.0. The van der Waals surface area contributed by atoms with Gasteiger partial charge in [0.1, 0.15) is 5.41 Å². The Labute approximate surface area is 326 Å². The Morgan fingerprint density at radius 1 is 0.528 bits per heavy atom. The number of hydrogen-bond acceptors (Lipinski definition) is 8. The van der Waals surface area contributed by atoms with Gasteiger partial charge in [-0.15, -0.1) is 0 Å². The smallest absolute Gasteiger partial charge is 0.402 e. The van der Waals surface area contributed by atoms with Crippen molar-refractivity contribution < 1.29 is 41.7 Å². The summed E-state index contributed by atoms with van der Waals surface area (Å²) in [6, 6.07) is 0. The Morgan fingerprint density at radius 3 is 1.08 bits per heavy atom. The van der Waals surface area contributed by atoms with Gasteiger partial charge in [-0.05, 0) is 33.7 Å². The summed E-state index contributed by atoms with van der Waals surface area (Å²) in [7, 11) is -2.45. The molecule has 318 valence electrons. The molecule has 3 unspecified atom stereocenters. The highest BCUT2D eigenvalue weighted by atomic mass is 32.3. The third-order valence-corrected chi connectivity index (χ3v) is 11.9. The summed E-state index contributed by atoms with van der Waals surface area (Å²) in [5.74, 6) is -5.53. The van der Waals surface area contributed by atoms with Gasteiger partial charge < -0.3 is 21.1 Å². The van der Waals surface area contributed by atoms with Crippen molar-refractivity contribution in [2.24, 2.45) is 16.6 Å². The minimum absolute atomic E-state index is 0.0787. The van der Waals surface area contributed by atoms with Crippen molar-refractivity contribution in [2.45, 2.75) is 233 Å². The van der Waals surface area contributed by atoms with Crippen LogP contribution in [0.4, 0.5) is 0 Å². The molecule has 0 aromatic carbocycles. The molecular weight excluding hydrogens is 695 g/mol. The largest absolute Gasteiger partial charge is 0.481 e. The fourth-order valence-electron chi connectivity index (χ4n) is 7.17. The van der Waals surface area contributed by atoms with E-state index in [1.807, 2.05) is 0 Å². The summed E-state index contributed by atoms with van der Waals surface area (Å²) >= 11 is 0. The Kier molecular flexibility index (Phi) is 33.4. The first-order chi connectivity index (χ1) is 25.2. The SMILES string of the molecule is CCCCCCCCCCCCCCCCC(C)(CC(O)(OS(=O)(=O)OC)C(C)(CCCCCCCCCCCCCCCC)C(=O)O)C(=O)O.CN. The maximum absolute atomic E-state index is 12.7. The van der Waals surface area contributed by atoms with Crippen molar-refractivity contribution in [3.05, 3.63) is 0 Å². The van der Waals surface area contributed by atoms with E-state index in [0.717, 1.165) is 52.1 Å². The van der Waals surface area contributed by atoms with Crippen LogP contribution < -0.4 is 5.73 Å². The lowest BCUT2D eigenvalue weighted by Crippen LogP contribution is -2.57. The van der Waals surface area contributed by atoms with Crippen molar-refractivity contribution in [3.8, 4) is 0 Å². The average Bonchev–Trinajstić information content (AvgIpc) is 3.12. The normalized spacial score (nSPS) is 15.2. The maximum Gasteiger partial charge on any atom is 0.402 e. The fraction of sp³-hybridized carbons (Fsp3) is 0.952. The van der Waals surface area contributed by atoms with E-state index in [9.17, 15) is 33.3 Å². The molecule has 0 fully saturated rings. The third kappa shape index (κ3) is 25.5. The van der Waals surface area contributed by atoms with E-state index < -0.39 is 45.4 Å². The number of unbranched alkanes of at least 4 members (excludes halogenated alkanes) is 26. The van der Waals surface area contributed by atoms with E-state index in [0.29, 0.717) is 19.3 Å². The van der Waals surface area contributed by atoms with Gasteiger partial charge in [0.25, 0.3) is 0 Å². The van der Waals surface area contributed by atoms with Crippen molar-refractivity contribution in [1.29, 1.82) is 0 Å². The van der Waals surface area contributed by atoms with Crippen LogP contribution in [0.5, 0.6) is 0 Å². The highest BCUT2D eigenvalue weighted by Crippen LogP contribution is 2.47. The lowest BCUT2D eigenvalue weighted by atomic mass is 9.68. The highest BCUT2D eigenvalue weighted by Gasteiger charge is 2.59. The van der Waals surface area contributed by atoms with Crippen molar-refractivity contribution in [3.63, 3.8) is 0 Å². The molecule has 0 aliphatic heterocycles. The van der Waals surface area contributed by atoms with Crippen LogP contribution >= 0.6 is 0 Å². The van der Waals surface area contributed by atoms with Gasteiger partial charge in [0.05, 0.1) is 12.5 Å². The van der Waals surface area contributed by atoms with E-state index in [1.54, 1.807) is 0 Å². The second-order valence-corrected chi connectivity index (χ2v) is 17.1. The van der Waals surface area contributed by atoms with Crippen molar-refractivity contribution in [1.82, 2.24) is 0 Å². The molecule has 0 saturated heterocycles. The molecule has 0 aliphatic carbocycles. The van der Waals surface area contributed by atoms with Crippen LogP contribution in [-0.4, -0.2) is 55.6 Å². The number of rotatable bonds is 38. The molecule has 0 amide bonds. The topological polar surface area (TPSA) is 173 Å². The summed E-state index contributed by atoms with van der Waals surface area (Å²) in [5, 5.41) is 32.5. The quantitative estimate of drug-likeness (QED) is 0.0349. The number of hydrogen-bond donors (Lipinski definition) is 4. The van der Waals surface area contributed by atoms with E-state index in [2.05, 4.69) is 23.8 Å². The molecule has 53 heavy (non-hydrogen) atoms. The third-order valence-electron chi connectivity index (χ3n) is 11.0. The van der Waals surface area contributed by atoms with Gasteiger partial charge in [0.15, 0.2) is 0 Å². The summed E-state index contributed by atoms with van der Waals surface area (Å²) < 4.78 is 34.5. The Balaban J connectivity index is 0. The first-order valence-electron chi connectivity index (χ1n) is 21.5. The number of nitrogens with two attached hydrogens (primary N) is 1. The molecule has 0 saturated carbocycles. The van der Waals surface area contributed by atoms with Gasteiger partial charge in [0, 0.05) is 6.42 Å². The molecular formula is C42H85NO9S. The van der Waals surface area contributed by atoms with Crippen molar-refractivity contribution >= 4 is 22.3 Å². The second-order valence-electron chi connectivity index (χ2n) is 15.8. The molecule has 0 aromatic rings. The number of aliphatic carboxylic acids is 2. The van der Waals surface area contributed by atoms with E-state index in [4.69, 9.17) is 4.18 Å². The zero-order valence-electron chi connectivity index (χ0n) is 35.2. The predicted molar refractivity (Wildman–Crippen MR) is 218 cm³/mol. The summed E-state index contributed by atoms with van der Waals surface area (Å²) in [4.78, 5) is 25.3. The van der Waals surface area contributed by atoms with Gasteiger partial charge in [-0.25, -0.2) is 4.18 Å². The van der Waals surface area contributed by atoms with Crippen LogP contribution in [-0.2, 0) is 28.4 Å². The van der Waals surface area contributed by atoms with Gasteiger partial charge in [0.2, 0.25) is 5.79 Å². The lowest BCUT2D eigenvalue weighted by Gasteiger charge is -2.44. The Hall–Kier alpha value is -1.27. The number of carboxylic acids is 2. The number of carboxylic acid groups (broad SMARTS) is 2. The van der Waals surface area contributed by atoms with E-state index in [1.165, 1.54) is 136 Å².